The van der Waals surface area contributed by atoms with Crippen LogP contribution in [0.2, 0.25) is 0 Å². The van der Waals surface area contributed by atoms with Crippen molar-refractivity contribution in [2.24, 2.45) is 0 Å². The molecule has 0 fully saturated rings. The molecule has 0 aliphatic carbocycles. The predicted octanol–water partition coefficient (Wildman–Crippen LogP) is 3.10. The van der Waals surface area contributed by atoms with Gasteiger partial charge in [-0.25, -0.2) is 0 Å². The summed E-state index contributed by atoms with van der Waals surface area (Å²) in [4.78, 5) is 11.4. The van der Waals surface area contributed by atoms with Gasteiger partial charge in [0.15, 0.2) is 0 Å². The zero-order chi connectivity index (χ0) is 15.7. The second kappa shape index (κ2) is 5.73. The Morgan fingerprint density at radius 1 is 1.09 bits per heavy atom. The summed E-state index contributed by atoms with van der Waals surface area (Å²) in [5.74, 6) is 0.188. The Hall–Kier alpha value is -1.86. The van der Waals surface area contributed by atoms with Gasteiger partial charge in [-0.2, -0.15) is 8.42 Å². The molecule has 0 saturated heterocycles. The highest BCUT2D eigenvalue weighted by molar-refractivity contribution is 9.10. The van der Waals surface area contributed by atoms with Crippen molar-refractivity contribution in [3.8, 4) is 5.75 Å². The topological polar surface area (TPSA) is 72.5 Å². The molecular weight excluding hydrogens is 370 g/mol. The lowest BCUT2D eigenvalue weighted by molar-refractivity contribution is -0.116. The van der Waals surface area contributed by atoms with Gasteiger partial charge in [0.25, 0.3) is 0 Å². The van der Waals surface area contributed by atoms with Gasteiger partial charge in [-0.05, 0) is 58.2 Å². The molecule has 1 heterocycles. The lowest BCUT2D eigenvalue weighted by atomic mass is 10.0. The van der Waals surface area contributed by atoms with Gasteiger partial charge in [0.1, 0.15) is 10.6 Å². The van der Waals surface area contributed by atoms with Crippen molar-refractivity contribution in [1.29, 1.82) is 0 Å². The average Bonchev–Trinajstić information content (AvgIpc) is 2.47. The average molecular weight is 382 g/mol. The molecule has 114 valence electrons. The van der Waals surface area contributed by atoms with E-state index in [0.717, 1.165) is 5.56 Å². The van der Waals surface area contributed by atoms with E-state index in [1.807, 2.05) is 0 Å². The first-order valence-corrected chi connectivity index (χ1v) is 8.78. The highest BCUT2D eigenvalue weighted by Crippen LogP contribution is 2.30. The van der Waals surface area contributed by atoms with E-state index < -0.39 is 10.1 Å². The number of halogens is 1. The van der Waals surface area contributed by atoms with E-state index in [1.165, 1.54) is 12.1 Å². The van der Waals surface area contributed by atoms with E-state index in [0.29, 0.717) is 23.0 Å². The molecule has 0 aromatic heterocycles. The fourth-order valence-corrected chi connectivity index (χ4v) is 4.11. The second-order valence-electron chi connectivity index (χ2n) is 4.84. The Bertz CT molecular complexity index is 848. The minimum absolute atomic E-state index is 0.0398. The van der Waals surface area contributed by atoms with E-state index in [4.69, 9.17) is 4.18 Å². The number of anilines is 1. The van der Waals surface area contributed by atoms with Crippen LogP contribution in [0.4, 0.5) is 5.69 Å². The summed E-state index contributed by atoms with van der Waals surface area (Å²) in [6.45, 7) is 0. The molecule has 0 unspecified atom stereocenters. The molecule has 0 saturated carbocycles. The SMILES string of the molecule is O=C1CCc2cc(OS(=O)(=O)c3ccccc3Br)ccc2N1. The van der Waals surface area contributed by atoms with Crippen LogP contribution in [-0.2, 0) is 21.3 Å². The molecule has 1 amide bonds. The summed E-state index contributed by atoms with van der Waals surface area (Å²) in [7, 11) is -3.92. The Labute approximate surface area is 136 Å². The number of rotatable bonds is 3. The zero-order valence-corrected chi connectivity index (χ0v) is 13.8. The largest absolute Gasteiger partial charge is 0.379 e. The van der Waals surface area contributed by atoms with Gasteiger partial charge >= 0.3 is 10.1 Å². The normalized spacial score (nSPS) is 14.1. The lowest BCUT2D eigenvalue weighted by Crippen LogP contribution is -2.19. The summed E-state index contributed by atoms with van der Waals surface area (Å²) in [5.41, 5.74) is 1.56. The Morgan fingerprint density at radius 3 is 2.64 bits per heavy atom. The van der Waals surface area contributed by atoms with Crippen LogP contribution < -0.4 is 9.50 Å². The second-order valence-corrected chi connectivity index (χ2v) is 7.20. The van der Waals surface area contributed by atoms with E-state index >= 15 is 0 Å². The fraction of sp³-hybridized carbons (Fsp3) is 0.133. The van der Waals surface area contributed by atoms with Crippen molar-refractivity contribution < 1.29 is 17.4 Å². The number of nitrogens with one attached hydrogen (secondary N) is 1. The van der Waals surface area contributed by atoms with Crippen LogP contribution in [0.3, 0.4) is 0 Å². The van der Waals surface area contributed by atoms with Gasteiger partial charge in [-0.3, -0.25) is 4.79 Å². The molecule has 0 radical (unpaired) electrons. The quantitative estimate of drug-likeness (QED) is 0.829. The highest BCUT2D eigenvalue weighted by atomic mass is 79.9. The van der Waals surface area contributed by atoms with Crippen molar-refractivity contribution in [2.45, 2.75) is 17.7 Å². The number of hydrogen-bond acceptors (Lipinski definition) is 4. The van der Waals surface area contributed by atoms with Gasteiger partial charge in [0, 0.05) is 16.6 Å². The van der Waals surface area contributed by atoms with E-state index in [2.05, 4.69) is 21.2 Å². The minimum atomic E-state index is -3.92. The molecule has 7 heteroatoms. The van der Waals surface area contributed by atoms with E-state index in [1.54, 1.807) is 30.3 Å². The van der Waals surface area contributed by atoms with Crippen LogP contribution in [0, 0.1) is 0 Å². The number of benzene rings is 2. The summed E-state index contributed by atoms with van der Waals surface area (Å²) >= 11 is 3.21. The maximum atomic E-state index is 12.3. The molecule has 0 atom stereocenters. The summed E-state index contributed by atoms with van der Waals surface area (Å²) in [5, 5.41) is 2.74. The molecule has 0 bridgehead atoms. The molecule has 0 spiro atoms. The number of carbonyl (C=O) groups excluding carboxylic acids is 1. The van der Waals surface area contributed by atoms with E-state index in [-0.39, 0.29) is 16.6 Å². The van der Waals surface area contributed by atoms with Crippen molar-refractivity contribution in [1.82, 2.24) is 0 Å². The number of fused-ring (bicyclic) bond motifs is 1. The third-order valence-corrected chi connectivity index (χ3v) is 5.54. The molecule has 1 aliphatic heterocycles. The first-order valence-electron chi connectivity index (χ1n) is 6.57. The smallest absolute Gasteiger partial charge is 0.340 e. The van der Waals surface area contributed by atoms with Crippen LogP contribution in [0.25, 0.3) is 0 Å². The highest BCUT2D eigenvalue weighted by Gasteiger charge is 2.21. The standard InChI is InChI=1S/C15H12BrNO4S/c16-12-3-1-2-4-14(12)22(19,20)21-11-6-7-13-10(9-11)5-8-15(18)17-13/h1-4,6-7,9H,5,8H2,(H,17,18). The maximum Gasteiger partial charge on any atom is 0.340 e. The number of amides is 1. The third-order valence-electron chi connectivity index (χ3n) is 3.28. The molecule has 5 nitrogen and oxygen atoms in total. The van der Waals surface area contributed by atoms with Gasteiger partial charge < -0.3 is 9.50 Å². The van der Waals surface area contributed by atoms with Crippen molar-refractivity contribution >= 4 is 37.6 Å². The molecule has 2 aromatic rings. The molecule has 1 aliphatic rings. The van der Waals surface area contributed by atoms with Crippen LogP contribution in [0.1, 0.15) is 12.0 Å². The summed E-state index contributed by atoms with van der Waals surface area (Å²) in [6.07, 6.45) is 0.945. The van der Waals surface area contributed by atoms with Crippen molar-refractivity contribution in [2.75, 3.05) is 5.32 Å². The van der Waals surface area contributed by atoms with Crippen LogP contribution in [0.5, 0.6) is 5.75 Å². The van der Waals surface area contributed by atoms with Gasteiger partial charge in [-0.1, -0.05) is 12.1 Å². The predicted molar refractivity (Wildman–Crippen MR) is 85.3 cm³/mol. The summed E-state index contributed by atoms with van der Waals surface area (Å²) in [6, 6.07) is 11.3. The van der Waals surface area contributed by atoms with Gasteiger partial charge in [0.2, 0.25) is 5.91 Å². The van der Waals surface area contributed by atoms with Gasteiger partial charge in [0.05, 0.1) is 0 Å². The fourth-order valence-electron chi connectivity index (χ4n) is 2.23. The van der Waals surface area contributed by atoms with Crippen LogP contribution in [-0.4, -0.2) is 14.3 Å². The molecule has 22 heavy (non-hydrogen) atoms. The number of aryl methyl sites for hydroxylation is 1. The first kappa shape index (κ1) is 15.1. The van der Waals surface area contributed by atoms with Crippen LogP contribution >= 0.6 is 15.9 Å². The Kier molecular flexibility index (Phi) is 3.92. The zero-order valence-electron chi connectivity index (χ0n) is 11.4. The first-order chi connectivity index (χ1) is 10.5. The minimum Gasteiger partial charge on any atom is -0.379 e. The molecule has 2 aromatic carbocycles. The Balaban J connectivity index is 1.90. The van der Waals surface area contributed by atoms with Crippen molar-refractivity contribution in [3.63, 3.8) is 0 Å². The summed E-state index contributed by atoms with van der Waals surface area (Å²) < 4.78 is 30.3. The van der Waals surface area contributed by atoms with Crippen molar-refractivity contribution in [3.05, 3.63) is 52.5 Å². The maximum absolute atomic E-state index is 12.3. The van der Waals surface area contributed by atoms with Gasteiger partial charge in [-0.15, -0.1) is 0 Å². The van der Waals surface area contributed by atoms with Crippen LogP contribution in [0.15, 0.2) is 51.8 Å². The monoisotopic (exact) mass is 381 g/mol. The number of carbonyl (C=O) groups is 1. The lowest BCUT2D eigenvalue weighted by Gasteiger charge is -2.17. The van der Waals surface area contributed by atoms with E-state index in [9.17, 15) is 13.2 Å². The molecular formula is C15H12BrNO4S. The third kappa shape index (κ3) is 3.00. The molecule has 3 rings (SSSR count). The Morgan fingerprint density at radius 2 is 1.86 bits per heavy atom. The molecule has 1 N–H and O–H groups in total. The number of hydrogen-bond donors (Lipinski definition) is 1.